The molecule has 0 radical (unpaired) electrons. The van der Waals surface area contributed by atoms with E-state index in [4.69, 9.17) is 23.2 Å². The minimum absolute atomic E-state index is 0.0213. The van der Waals surface area contributed by atoms with E-state index in [1.165, 1.54) is 0 Å². The van der Waals surface area contributed by atoms with Crippen molar-refractivity contribution in [3.05, 3.63) is 0 Å². The Morgan fingerprint density at radius 3 is 1.85 bits per heavy atom. The summed E-state index contributed by atoms with van der Waals surface area (Å²) in [6.07, 6.45) is 3.44. The molecule has 0 atom stereocenters. The van der Waals surface area contributed by atoms with Crippen LogP contribution >= 0.6 is 23.2 Å². The van der Waals surface area contributed by atoms with Crippen LogP contribution < -0.4 is 11.1 Å². The topological polar surface area (TPSA) is 89.3 Å². The molecule has 0 fully saturated rings. The Morgan fingerprint density at radius 2 is 1.50 bits per heavy atom. The second kappa shape index (κ2) is 20.5. The van der Waals surface area contributed by atoms with Crippen LogP contribution in [-0.4, -0.2) is 35.9 Å². The van der Waals surface area contributed by atoms with Gasteiger partial charge in [-0.1, -0.05) is 20.3 Å². The van der Waals surface area contributed by atoms with Crippen LogP contribution in [0.2, 0.25) is 0 Å². The molecule has 0 saturated heterocycles. The molecule has 3 N–H and O–H groups in total. The lowest BCUT2D eigenvalue weighted by atomic mass is 10.1. The number of hydrogen-bond acceptors (Lipinski definition) is 3. The van der Waals surface area contributed by atoms with Gasteiger partial charge >= 0.3 is 0 Å². The van der Waals surface area contributed by atoms with Crippen molar-refractivity contribution in [1.29, 1.82) is 0 Å². The van der Waals surface area contributed by atoms with Crippen molar-refractivity contribution in [2.75, 3.05) is 18.3 Å². The highest BCUT2D eigenvalue weighted by atomic mass is 35.5. The first-order chi connectivity index (χ1) is 9.43. The fraction of sp³-hybridized carbons (Fsp3) is 0.769. The zero-order valence-corrected chi connectivity index (χ0v) is 14.0. The van der Waals surface area contributed by atoms with E-state index in [0.29, 0.717) is 13.0 Å². The van der Waals surface area contributed by atoms with Crippen molar-refractivity contribution >= 4 is 40.8 Å². The Labute approximate surface area is 131 Å². The molecule has 120 valence electrons. The average molecular weight is 329 g/mol. The first-order valence-electron chi connectivity index (χ1n) is 6.60. The summed E-state index contributed by atoms with van der Waals surface area (Å²) in [6, 6.07) is 0. The van der Waals surface area contributed by atoms with Crippen LogP contribution in [0.1, 0.15) is 46.5 Å². The Kier molecular flexibility index (Phi) is 24.8. The normalized spacial score (nSPS) is 8.45. The predicted octanol–water partition coefficient (Wildman–Crippen LogP) is 2.23. The van der Waals surface area contributed by atoms with Crippen molar-refractivity contribution < 1.29 is 14.4 Å². The summed E-state index contributed by atoms with van der Waals surface area (Å²) < 4.78 is 0. The molecular weight excluding hydrogens is 303 g/mol. The molecule has 0 saturated carbocycles. The van der Waals surface area contributed by atoms with Crippen LogP contribution in [0, 0.1) is 0 Å². The monoisotopic (exact) mass is 328 g/mol. The predicted molar refractivity (Wildman–Crippen MR) is 84.1 cm³/mol. The molecule has 2 amide bonds. The lowest BCUT2D eigenvalue weighted by Crippen LogP contribution is -2.25. The third kappa shape index (κ3) is 30.3. The molecule has 20 heavy (non-hydrogen) atoms. The second-order valence-corrected chi connectivity index (χ2v) is 4.13. The number of halogens is 2. The van der Waals surface area contributed by atoms with E-state index in [0.717, 1.165) is 19.3 Å². The van der Waals surface area contributed by atoms with Crippen molar-refractivity contribution in [1.82, 2.24) is 5.32 Å². The van der Waals surface area contributed by atoms with Gasteiger partial charge in [-0.25, -0.2) is 0 Å². The van der Waals surface area contributed by atoms with Gasteiger partial charge in [0.1, 0.15) is 17.5 Å². The van der Waals surface area contributed by atoms with Gasteiger partial charge in [-0.3, -0.25) is 9.59 Å². The summed E-state index contributed by atoms with van der Waals surface area (Å²) in [6.45, 7) is 6.25. The van der Waals surface area contributed by atoms with Crippen LogP contribution in [0.3, 0.4) is 0 Å². The van der Waals surface area contributed by atoms with Crippen LogP contribution in [0.4, 0.5) is 0 Å². The van der Waals surface area contributed by atoms with Crippen LogP contribution in [-0.2, 0) is 14.4 Å². The number of ketones is 1. The third-order valence-corrected chi connectivity index (χ3v) is 2.29. The molecule has 0 aliphatic rings. The molecule has 5 nitrogen and oxygen atoms in total. The number of unbranched alkanes of at least 4 members (excludes halogenated alkanes) is 2. The van der Waals surface area contributed by atoms with Gasteiger partial charge in [0, 0.05) is 13.0 Å². The van der Waals surface area contributed by atoms with Crippen LogP contribution in [0.5, 0.6) is 0 Å². The molecule has 0 unspecified atom stereocenters. The largest absolute Gasteiger partial charge is 0.369 e. The molecule has 0 aliphatic heterocycles. The highest BCUT2D eigenvalue weighted by Gasteiger charge is 1.97. The van der Waals surface area contributed by atoms with E-state index in [1.54, 1.807) is 6.92 Å². The molecule has 0 aromatic carbocycles. The maximum absolute atomic E-state index is 10.7. The lowest BCUT2D eigenvalue weighted by molar-refractivity contribution is -0.119. The molecule has 0 rings (SSSR count). The Hall–Kier alpha value is -0.810. The van der Waals surface area contributed by atoms with E-state index in [9.17, 15) is 14.4 Å². The maximum Gasteiger partial charge on any atom is 0.234 e. The number of carbonyl (C=O) groups is 3. The minimum atomic E-state index is -0.480. The second-order valence-electron chi connectivity index (χ2n) is 3.60. The van der Waals surface area contributed by atoms with Gasteiger partial charge in [0.2, 0.25) is 11.8 Å². The SMILES string of the molecule is CC.CC(=O)CCCCCNC(=O)CCl.NC(=O)CCl. The number of nitrogens with two attached hydrogens (primary N) is 1. The molecule has 0 aromatic heterocycles. The van der Waals surface area contributed by atoms with Gasteiger partial charge in [-0.15, -0.1) is 23.2 Å². The number of Topliss-reactive ketones (excluding diaryl/α,β-unsaturated/α-hetero) is 1. The molecule has 0 bridgehead atoms. The van der Waals surface area contributed by atoms with Gasteiger partial charge in [0.05, 0.1) is 0 Å². The Morgan fingerprint density at radius 1 is 1.00 bits per heavy atom. The number of alkyl halides is 2. The van der Waals surface area contributed by atoms with E-state index >= 15 is 0 Å². The van der Waals surface area contributed by atoms with Gasteiger partial charge < -0.3 is 15.8 Å². The van der Waals surface area contributed by atoms with Crippen molar-refractivity contribution in [3.8, 4) is 0 Å². The summed E-state index contributed by atoms with van der Waals surface area (Å²) in [7, 11) is 0. The summed E-state index contributed by atoms with van der Waals surface area (Å²) in [5.41, 5.74) is 4.52. The number of amides is 2. The zero-order valence-electron chi connectivity index (χ0n) is 12.5. The van der Waals surface area contributed by atoms with Gasteiger partial charge in [0.15, 0.2) is 0 Å². The van der Waals surface area contributed by atoms with Crippen molar-refractivity contribution in [2.45, 2.75) is 46.5 Å². The van der Waals surface area contributed by atoms with Gasteiger partial charge in [-0.2, -0.15) is 0 Å². The number of hydrogen-bond donors (Lipinski definition) is 2. The van der Waals surface area contributed by atoms with E-state index in [-0.39, 0.29) is 23.5 Å². The molecule has 7 heteroatoms. The minimum Gasteiger partial charge on any atom is -0.369 e. The van der Waals surface area contributed by atoms with Crippen LogP contribution in [0.25, 0.3) is 0 Å². The number of nitrogens with one attached hydrogen (secondary N) is 1. The van der Waals surface area contributed by atoms with Gasteiger partial charge in [-0.05, 0) is 19.8 Å². The quantitative estimate of drug-likeness (QED) is 0.528. The van der Waals surface area contributed by atoms with E-state index in [2.05, 4.69) is 11.1 Å². The number of rotatable bonds is 8. The molecule has 0 aromatic rings. The fourth-order valence-corrected chi connectivity index (χ4v) is 1.05. The first-order valence-corrected chi connectivity index (χ1v) is 7.67. The highest BCUT2D eigenvalue weighted by molar-refractivity contribution is 6.27. The summed E-state index contributed by atoms with van der Waals surface area (Å²) in [5, 5.41) is 2.66. The molecule has 0 spiro atoms. The summed E-state index contributed by atoms with van der Waals surface area (Å²) in [5.74, 6) is -0.447. The highest BCUT2D eigenvalue weighted by Crippen LogP contribution is 1.99. The Bertz CT molecular complexity index is 262. The first kappa shape index (κ1) is 24.2. The standard InChI is InChI=1S/C9H16ClNO2.C2H4ClNO.C2H6/c1-8(12)5-3-2-4-6-11-9(13)7-10;3-1-2(4)5;1-2/h2-7H2,1H3,(H,11,13);1H2,(H2,4,5);1-2H3. The van der Waals surface area contributed by atoms with Crippen molar-refractivity contribution in [3.63, 3.8) is 0 Å². The maximum atomic E-state index is 10.7. The van der Waals surface area contributed by atoms with Gasteiger partial charge in [0.25, 0.3) is 0 Å². The summed E-state index contributed by atoms with van der Waals surface area (Å²) in [4.78, 5) is 30.7. The Balaban J connectivity index is -0.000000346. The fourth-order valence-electron chi connectivity index (χ4n) is 0.951. The van der Waals surface area contributed by atoms with Crippen molar-refractivity contribution in [2.24, 2.45) is 5.73 Å². The number of primary amides is 1. The zero-order chi connectivity index (χ0) is 16.4. The molecule has 0 heterocycles. The smallest absolute Gasteiger partial charge is 0.234 e. The summed E-state index contributed by atoms with van der Waals surface area (Å²) >= 11 is 10.1. The van der Waals surface area contributed by atoms with Crippen LogP contribution in [0.15, 0.2) is 0 Å². The van der Waals surface area contributed by atoms with E-state index in [1.807, 2.05) is 13.8 Å². The molecular formula is C13H26Cl2N2O3. The number of carbonyl (C=O) groups excluding carboxylic acids is 3. The third-order valence-electron chi connectivity index (χ3n) is 1.78. The average Bonchev–Trinajstić information content (AvgIpc) is 2.44. The lowest BCUT2D eigenvalue weighted by Gasteiger charge is -2.01. The molecule has 0 aliphatic carbocycles. The van der Waals surface area contributed by atoms with E-state index < -0.39 is 5.91 Å².